The molecule has 90 heavy (non-hydrogen) atoms. The Bertz CT molecular complexity index is 2400. The minimum absolute atomic E-state index is 0.0220. The maximum absolute atomic E-state index is 15.1. The molecule has 0 rings (SSSR count). The van der Waals surface area contributed by atoms with Crippen molar-refractivity contribution in [2.24, 2.45) is 47.3 Å². The number of hydrogen-bond donors (Lipinski definition) is 6. The number of Topliss-reactive ketones (excluding diaryl/α,β-unsaturated/α-hetero) is 1. The number of nitrogens with one attached hydrogen (secondary N) is 5. The summed E-state index contributed by atoms with van der Waals surface area (Å²) < 4.78 is 0. The van der Waals surface area contributed by atoms with Crippen LogP contribution in [0.25, 0.3) is 0 Å². The molecule has 0 saturated carbocycles. The number of likely N-dealkylation sites (N-methyl/N-ethyl adjacent to an activating group) is 6. The molecule has 23 heteroatoms. The average molecular weight is 1270 g/mol. The van der Waals surface area contributed by atoms with Gasteiger partial charge in [0.05, 0.1) is 12.1 Å². The van der Waals surface area contributed by atoms with Crippen LogP contribution in [0.5, 0.6) is 0 Å². The first-order chi connectivity index (χ1) is 41.5. The zero-order valence-corrected chi connectivity index (χ0v) is 60.3. The van der Waals surface area contributed by atoms with Crippen LogP contribution < -0.4 is 26.6 Å². The number of carbonyl (C=O) groups is 11. The number of carbonyl (C=O) groups excluding carboxylic acids is 11. The first-order valence-corrected chi connectivity index (χ1v) is 32.8. The van der Waals surface area contributed by atoms with Crippen LogP contribution in [0.3, 0.4) is 0 Å². The second kappa shape index (κ2) is 39.4. The van der Waals surface area contributed by atoms with Gasteiger partial charge < -0.3 is 61.1 Å². The molecule has 0 aromatic heterocycles. The van der Waals surface area contributed by atoms with Crippen molar-refractivity contribution in [2.75, 3.05) is 49.3 Å². The molecule has 14 atom stereocenters. The van der Waals surface area contributed by atoms with Crippen molar-refractivity contribution in [3.8, 4) is 0 Å². The molecule has 0 aromatic carbocycles. The van der Waals surface area contributed by atoms with Crippen LogP contribution in [0.1, 0.15) is 183 Å². The molecule has 1 unspecified atom stereocenters. The molecule has 0 spiro atoms. The van der Waals surface area contributed by atoms with E-state index in [-0.39, 0.29) is 79.4 Å². The summed E-state index contributed by atoms with van der Waals surface area (Å²) in [5.41, 5.74) is 0. The van der Waals surface area contributed by atoms with Gasteiger partial charge in [-0.25, -0.2) is 0 Å². The second-order valence-corrected chi connectivity index (χ2v) is 27.8. The van der Waals surface area contributed by atoms with Crippen LogP contribution >= 0.6 is 0 Å². The van der Waals surface area contributed by atoms with E-state index >= 15 is 14.4 Å². The summed E-state index contributed by atoms with van der Waals surface area (Å²) in [6.07, 6.45) is 3.84. The Balaban J connectivity index is 7.41. The summed E-state index contributed by atoms with van der Waals surface area (Å²) in [5.74, 6) is -8.31. The van der Waals surface area contributed by atoms with Crippen LogP contribution in [0, 0.1) is 47.3 Å². The quantitative estimate of drug-likeness (QED) is 0.0442. The molecule has 0 fully saturated rings. The summed E-state index contributed by atoms with van der Waals surface area (Å²) in [6, 6.07) is -11.6. The zero-order valence-electron chi connectivity index (χ0n) is 60.3. The molecule has 10 amide bonds. The first kappa shape index (κ1) is 84.0. The lowest BCUT2D eigenvalue weighted by Gasteiger charge is -2.41. The van der Waals surface area contributed by atoms with Gasteiger partial charge in [-0.2, -0.15) is 0 Å². The molecule has 0 aliphatic heterocycles. The maximum Gasteiger partial charge on any atom is 0.246 e. The van der Waals surface area contributed by atoms with Crippen molar-refractivity contribution in [3.05, 3.63) is 12.2 Å². The molecule has 0 aliphatic carbocycles. The molecule has 518 valence electrons. The monoisotopic (exact) mass is 1270 g/mol. The molecule has 23 nitrogen and oxygen atoms in total. The van der Waals surface area contributed by atoms with Gasteiger partial charge in [-0.05, 0) is 128 Å². The van der Waals surface area contributed by atoms with Crippen molar-refractivity contribution in [2.45, 2.75) is 256 Å². The van der Waals surface area contributed by atoms with Gasteiger partial charge in [0.15, 0.2) is 5.78 Å². The van der Waals surface area contributed by atoms with Crippen molar-refractivity contribution >= 4 is 64.9 Å². The van der Waals surface area contributed by atoms with E-state index in [0.717, 1.165) is 4.90 Å². The predicted molar refractivity (Wildman–Crippen MR) is 354 cm³/mol. The summed E-state index contributed by atoms with van der Waals surface area (Å²) >= 11 is 0. The third-order valence-electron chi connectivity index (χ3n) is 17.1. The number of amides is 10. The molecule has 0 aliphatic rings. The summed E-state index contributed by atoms with van der Waals surface area (Å²) in [6.45, 7) is 35.6. The van der Waals surface area contributed by atoms with E-state index in [2.05, 4.69) is 26.6 Å². The second-order valence-electron chi connectivity index (χ2n) is 27.8. The van der Waals surface area contributed by atoms with Crippen LogP contribution in [-0.4, -0.2) is 221 Å². The SMILES string of the molecule is C/C=C/C[C@@H](C)[C@H](O)[C@@H](C(=O)N[C@@H](CC)C(=O)N(C)C(CC(C)C)C(=O)N(C)[C@@H](CC(C)C)C(=O)N[C@H](C(=O)N(C)[C@H](CC(C)C)C(=O)N[C@H](C)C(=O)N[C@H](C)C(C)=O)C(C)C)N(C)C(=O)[C@H](C(C)C)N(C)C(=O)[C@H](C[C@@H](C)NC)N(C)C(=O)[C@H](C)CC(C)C. The Labute approximate surface area is 541 Å². The number of aliphatic hydroxyl groups excluding tert-OH is 1. The third-order valence-corrected chi connectivity index (χ3v) is 17.1. The normalized spacial score (nSPS) is 16.6. The maximum atomic E-state index is 15.1. The number of hydrogen-bond acceptors (Lipinski definition) is 13. The van der Waals surface area contributed by atoms with Crippen molar-refractivity contribution < 1.29 is 57.8 Å². The van der Waals surface area contributed by atoms with Crippen LogP contribution in [-0.2, 0) is 52.7 Å². The lowest BCUT2D eigenvalue weighted by atomic mass is 9.91. The highest BCUT2D eigenvalue weighted by molar-refractivity contribution is 5.99. The first-order valence-electron chi connectivity index (χ1n) is 32.8. The Morgan fingerprint density at radius 3 is 1.28 bits per heavy atom. The summed E-state index contributed by atoms with van der Waals surface area (Å²) in [5, 5.41) is 26.3. The number of ketones is 1. The lowest BCUT2D eigenvalue weighted by Crippen LogP contribution is -2.64. The highest BCUT2D eigenvalue weighted by atomic mass is 16.3. The third kappa shape index (κ3) is 25.3. The highest BCUT2D eigenvalue weighted by Crippen LogP contribution is 2.26. The molecule has 0 bridgehead atoms. The van der Waals surface area contributed by atoms with E-state index in [0.29, 0.717) is 12.8 Å². The topological polar surface area (TPSA) is 288 Å². The molecular weight excluding hydrogens is 1150 g/mol. The number of allylic oxidation sites excluding steroid dienone is 2. The number of aliphatic hydroxyl groups is 1. The minimum Gasteiger partial charge on any atom is -0.390 e. The Morgan fingerprint density at radius 2 is 0.844 bits per heavy atom. The predicted octanol–water partition coefficient (Wildman–Crippen LogP) is 5.02. The smallest absolute Gasteiger partial charge is 0.246 e. The van der Waals surface area contributed by atoms with E-state index in [9.17, 15) is 43.5 Å². The molecule has 0 heterocycles. The molecular formula is C67H123N11O12. The molecule has 6 N–H and O–H groups in total. The largest absolute Gasteiger partial charge is 0.390 e. The standard InChI is InChI=1S/C67H123N11O12/c1-28-30-31-43(15)57(80)56(78(27)67(90)55(42(13)14)77(26)65(88)53(36-45(17)68-21)75(24)62(85)44(16)32-37(3)4)61(84)71-49(29-2)63(86)76(25)52(35-40(9)10)64(87)73(22)51(34-39(7)8)60(83)72-54(41(11)12)66(89)74(23)50(33-38(5)6)59(82)70-47(19)58(81)69-46(18)48(20)79/h28,30,37-47,49-57,68,80H,29,31-36H2,1-27H3,(H,69,81)(H,70,82)(H,71,84)(H,72,83)/b30-28+/t43-,44-,45-,46-,47-,49+,50-,51+,52?,53+,54+,55+,56+,57+/m1/s1. The zero-order chi connectivity index (χ0) is 70.3. The molecule has 0 saturated heterocycles. The fourth-order valence-electron chi connectivity index (χ4n) is 11.1. The highest BCUT2D eigenvalue weighted by Gasteiger charge is 2.46. The van der Waals surface area contributed by atoms with E-state index in [1.165, 1.54) is 80.5 Å². The Morgan fingerprint density at radius 1 is 0.433 bits per heavy atom. The van der Waals surface area contributed by atoms with E-state index in [1.54, 1.807) is 61.7 Å². The van der Waals surface area contributed by atoms with Gasteiger partial charge >= 0.3 is 0 Å². The van der Waals surface area contributed by atoms with Crippen molar-refractivity contribution in [1.29, 1.82) is 0 Å². The van der Waals surface area contributed by atoms with Gasteiger partial charge in [-0.15, -0.1) is 0 Å². The van der Waals surface area contributed by atoms with Gasteiger partial charge in [0.1, 0.15) is 54.4 Å². The van der Waals surface area contributed by atoms with E-state index < -0.39 is 137 Å². The minimum atomic E-state index is -1.59. The summed E-state index contributed by atoms with van der Waals surface area (Å²) in [4.78, 5) is 165. The van der Waals surface area contributed by atoms with Crippen LogP contribution in [0.15, 0.2) is 12.2 Å². The molecule has 0 radical (unpaired) electrons. The average Bonchev–Trinajstić information content (AvgIpc) is 1.05. The fraction of sp³-hybridized carbons (Fsp3) is 0.806. The van der Waals surface area contributed by atoms with Crippen LogP contribution in [0.2, 0.25) is 0 Å². The Hall–Kier alpha value is -5.97. The number of rotatable bonds is 39. The number of nitrogens with zero attached hydrogens (tertiary/aromatic N) is 6. The van der Waals surface area contributed by atoms with Crippen molar-refractivity contribution in [1.82, 2.24) is 56.0 Å². The van der Waals surface area contributed by atoms with Crippen LogP contribution in [0.4, 0.5) is 0 Å². The summed E-state index contributed by atoms with van der Waals surface area (Å²) in [7, 11) is 10.6. The van der Waals surface area contributed by atoms with Crippen molar-refractivity contribution in [3.63, 3.8) is 0 Å². The lowest BCUT2D eigenvalue weighted by molar-refractivity contribution is -0.156. The van der Waals surface area contributed by atoms with Gasteiger partial charge in [-0.1, -0.05) is 116 Å². The fourth-order valence-corrected chi connectivity index (χ4v) is 11.1. The van der Waals surface area contributed by atoms with E-state index in [1.807, 2.05) is 82.2 Å². The van der Waals surface area contributed by atoms with Gasteiger partial charge in [0.25, 0.3) is 0 Å². The van der Waals surface area contributed by atoms with Gasteiger partial charge in [-0.3, -0.25) is 52.7 Å². The van der Waals surface area contributed by atoms with Gasteiger partial charge in [0.2, 0.25) is 59.1 Å². The Kier molecular flexibility index (Phi) is 36.8. The van der Waals surface area contributed by atoms with Gasteiger partial charge in [0, 0.05) is 54.2 Å². The van der Waals surface area contributed by atoms with E-state index in [4.69, 9.17) is 0 Å². The molecule has 0 aromatic rings.